The van der Waals surface area contributed by atoms with Gasteiger partial charge in [-0.15, -0.1) is 0 Å². The molecule has 5 rings (SSSR count). The fourth-order valence-corrected chi connectivity index (χ4v) is 4.81. The van der Waals surface area contributed by atoms with Crippen molar-refractivity contribution in [3.8, 4) is 22.4 Å². The standard InChI is InChI=1S/C26H26N2O3/c1-26(2,3)31-25(29)27-13-11-18-14-19(22-10-6-7-12-28(22)30)15-21-20-9-5-4-8-17(20)16-23(27)24(18)21/h4-10,12,14-15,23H,11,13,16H2,1-3H3. The third kappa shape index (κ3) is 3.44. The summed E-state index contributed by atoms with van der Waals surface area (Å²) in [5.74, 6) is 0. The first-order valence-corrected chi connectivity index (χ1v) is 10.7. The van der Waals surface area contributed by atoms with Crippen LogP contribution in [0, 0.1) is 5.21 Å². The number of fused-ring (bicyclic) bond motifs is 2. The van der Waals surface area contributed by atoms with Crippen molar-refractivity contribution < 1.29 is 14.3 Å². The summed E-state index contributed by atoms with van der Waals surface area (Å²) in [5.41, 5.74) is 6.89. The molecule has 0 bridgehead atoms. The van der Waals surface area contributed by atoms with E-state index < -0.39 is 5.60 Å². The number of pyridine rings is 1. The van der Waals surface area contributed by atoms with Crippen LogP contribution in [0.4, 0.5) is 4.79 Å². The SMILES string of the molecule is CC(C)(C)OC(=O)N1CCc2cc(-c3cccc[n+]3[O-])cc3c2C1Cc1ccccc1-3. The average Bonchev–Trinajstić information content (AvgIpc) is 2.73. The van der Waals surface area contributed by atoms with Crippen LogP contribution in [-0.2, 0) is 17.6 Å². The first-order chi connectivity index (χ1) is 14.8. The minimum Gasteiger partial charge on any atom is -0.618 e. The van der Waals surface area contributed by atoms with E-state index in [-0.39, 0.29) is 12.1 Å². The maximum atomic E-state index is 13.0. The van der Waals surface area contributed by atoms with Gasteiger partial charge in [0.05, 0.1) is 6.04 Å². The second kappa shape index (κ2) is 7.12. The van der Waals surface area contributed by atoms with Crippen LogP contribution in [0.1, 0.15) is 43.5 Å². The first kappa shape index (κ1) is 19.6. The molecular weight excluding hydrogens is 388 g/mol. The summed E-state index contributed by atoms with van der Waals surface area (Å²) in [4.78, 5) is 14.9. The Morgan fingerprint density at radius 2 is 1.84 bits per heavy atom. The third-order valence-electron chi connectivity index (χ3n) is 6.07. The minimum absolute atomic E-state index is 0.0623. The van der Waals surface area contributed by atoms with E-state index in [2.05, 4.69) is 24.3 Å². The molecule has 31 heavy (non-hydrogen) atoms. The predicted octanol–water partition coefficient (Wildman–Crippen LogP) is 5.04. The zero-order valence-corrected chi connectivity index (χ0v) is 18.1. The molecule has 1 unspecified atom stereocenters. The van der Waals surface area contributed by atoms with Gasteiger partial charge in [0.2, 0.25) is 5.69 Å². The van der Waals surface area contributed by atoms with Gasteiger partial charge in [-0.05, 0) is 79.6 Å². The molecule has 5 nitrogen and oxygen atoms in total. The largest absolute Gasteiger partial charge is 0.618 e. The van der Waals surface area contributed by atoms with Crippen molar-refractivity contribution in [2.45, 2.75) is 45.3 Å². The Labute approximate surface area is 182 Å². The van der Waals surface area contributed by atoms with Crippen LogP contribution in [0.5, 0.6) is 0 Å². The van der Waals surface area contributed by atoms with Crippen LogP contribution in [0.25, 0.3) is 22.4 Å². The van der Waals surface area contributed by atoms with E-state index in [1.165, 1.54) is 28.5 Å². The second-order valence-electron chi connectivity index (χ2n) is 9.31. The van der Waals surface area contributed by atoms with Crippen molar-refractivity contribution in [3.63, 3.8) is 0 Å². The summed E-state index contributed by atoms with van der Waals surface area (Å²) in [7, 11) is 0. The Kier molecular flexibility index (Phi) is 4.50. The van der Waals surface area contributed by atoms with E-state index >= 15 is 0 Å². The van der Waals surface area contributed by atoms with E-state index in [1.807, 2.05) is 49.9 Å². The molecule has 158 valence electrons. The zero-order valence-electron chi connectivity index (χ0n) is 18.1. The summed E-state index contributed by atoms with van der Waals surface area (Å²) in [6.07, 6.45) is 2.76. The number of benzene rings is 2. The van der Waals surface area contributed by atoms with Crippen molar-refractivity contribution in [3.05, 3.63) is 82.7 Å². The Morgan fingerprint density at radius 1 is 1.06 bits per heavy atom. The van der Waals surface area contributed by atoms with E-state index in [1.54, 1.807) is 6.07 Å². The highest BCUT2D eigenvalue weighted by Crippen LogP contribution is 2.47. The third-order valence-corrected chi connectivity index (χ3v) is 6.07. The second-order valence-corrected chi connectivity index (χ2v) is 9.31. The summed E-state index contributed by atoms with van der Waals surface area (Å²) in [6, 6.07) is 18.0. The number of carbonyl (C=O) groups excluding carboxylic acids is 1. The summed E-state index contributed by atoms with van der Waals surface area (Å²) < 4.78 is 6.64. The smallest absolute Gasteiger partial charge is 0.410 e. The fraction of sp³-hybridized carbons (Fsp3) is 0.308. The number of hydrogen-bond acceptors (Lipinski definition) is 3. The lowest BCUT2D eigenvalue weighted by Gasteiger charge is -2.42. The normalized spacial score (nSPS) is 17.0. The molecule has 1 aliphatic carbocycles. The maximum Gasteiger partial charge on any atom is 0.410 e. The van der Waals surface area contributed by atoms with Gasteiger partial charge in [-0.3, -0.25) is 0 Å². The van der Waals surface area contributed by atoms with E-state index in [0.717, 1.165) is 28.7 Å². The quantitative estimate of drug-likeness (QED) is 0.414. The first-order valence-electron chi connectivity index (χ1n) is 10.7. The van der Waals surface area contributed by atoms with Crippen LogP contribution in [0.2, 0.25) is 0 Å². The van der Waals surface area contributed by atoms with Gasteiger partial charge < -0.3 is 14.8 Å². The highest BCUT2D eigenvalue weighted by atomic mass is 16.6. The Balaban J connectivity index is 1.67. The Hall–Kier alpha value is -3.34. The number of amides is 1. The number of ether oxygens (including phenoxy) is 1. The molecule has 2 aliphatic rings. The maximum absolute atomic E-state index is 13.0. The molecule has 0 N–H and O–H groups in total. The van der Waals surface area contributed by atoms with Gasteiger partial charge in [-0.1, -0.05) is 24.3 Å². The van der Waals surface area contributed by atoms with E-state index in [4.69, 9.17) is 4.74 Å². The Bertz CT molecular complexity index is 1180. The molecule has 0 spiro atoms. The van der Waals surface area contributed by atoms with E-state index in [0.29, 0.717) is 12.2 Å². The molecule has 1 aliphatic heterocycles. The van der Waals surface area contributed by atoms with Gasteiger partial charge in [-0.2, -0.15) is 4.73 Å². The molecular formula is C26H26N2O3. The molecule has 0 saturated carbocycles. The van der Waals surface area contributed by atoms with Crippen LogP contribution >= 0.6 is 0 Å². The molecule has 0 saturated heterocycles. The molecule has 3 aromatic rings. The number of nitrogens with zero attached hydrogens (tertiary/aromatic N) is 2. The van der Waals surface area contributed by atoms with Gasteiger partial charge in [0.25, 0.3) is 0 Å². The number of rotatable bonds is 1. The molecule has 1 atom stereocenters. The summed E-state index contributed by atoms with van der Waals surface area (Å²) >= 11 is 0. The number of hydrogen-bond donors (Lipinski definition) is 0. The highest BCUT2D eigenvalue weighted by Gasteiger charge is 2.38. The molecule has 0 fully saturated rings. The average molecular weight is 415 g/mol. The van der Waals surface area contributed by atoms with Crippen molar-refractivity contribution in [1.82, 2.24) is 4.90 Å². The predicted molar refractivity (Wildman–Crippen MR) is 119 cm³/mol. The van der Waals surface area contributed by atoms with Crippen molar-refractivity contribution in [1.29, 1.82) is 0 Å². The van der Waals surface area contributed by atoms with Crippen LogP contribution < -0.4 is 4.73 Å². The van der Waals surface area contributed by atoms with Gasteiger partial charge in [-0.25, -0.2) is 4.79 Å². The highest BCUT2D eigenvalue weighted by molar-refractivity contribution is 5.82. The Morgan fingerprint density at radius 3 is 2.61 bits per heavy atom. The van der Waals surface area contributed by atoms with Crippen LogP contribution in [-0.4, -0.2) is 23.1 Å². The molecule has 1 aromatic heterocycles. The molecule has 5 heteroatoms. The number of carbonyl (C=O) groups is 1. The molecule has 2 aromatic carbocycles. The van der Waals surface area contributed by atoms with Gasteiger partial charge in [0.1, 0.15) is 5.60 Å². The summed E-state index contributed by atoms with van der Waals surface area (Å²) in [6.45, 7) is 6.29. The van der Waals surface area contributed by atoms with Crippen molar-refractivity contribution >= 4 is 6.09 Å². The number of aromatic nitrogens is 1. The lowest BCUT2D eigenvalue weighted by atomic mass is 9.76. The van der Waals surface area contributed by atoms with Crippen LogP contribution in [0.3, 0.4) is 0 Å². The van der Waals surface area contributed by atoms with Crippen molar-refractivity contribution in [2.24, 2.45) is 0 Å². The topological polar surface area (TPSA) is 56.5 Å². The lowest BCUT2D eigenvalue weighted by molar-refractivity contribution is -0.593. The van der Waals surface area contributed by atoms with Crippen molar-refractivity contribution in [2.75, 3.05) is 6.54 Å². The lowest BCUT2D eigenvalue weighted by Crippen LogP contribution is -2.44. The van der Waals surface area contributed by atoms with Gasteiger partial charge >= 0.3 is 6.09 Å². The van der Waals surface area contributed by atoms with Crippen LogP contribution in [0.15, 0.2) is 60.8 Å². The van der Waals surface area contributed by atoms with Gasteiger partial charge in [0, 0.05) is 24.2 Å². The monoisotopic (exact) mass is 414 g/mol. The fourth-order valence-electron chi connectivity index (χ4n) is 4.81. The molecule has 1 amide bonds. The molecule has 0 radical (unpaired) electrons. The minimum atomic E-state index is -0.536. The molecule has 2 heterocycles. The summed E-state index contributed by atoms with van der Waals surface area (Å²) in [5, 5.41) is 12.4. The van der Waals surface area contributed by atoms with Gasteiger partial charge in [0.15, 0.2) is 6.20 Å². The zero-order chi connectivity index (χ0) is 21.8. The van der Waals surface area contributed by atoms with E-state index in [9.17, 15) is 10.0 Å².